The van der Waals surface area contributed by atoms with Gasteiger partial charge in [-0.3, -0.25) is 9.59 Å². The molecule has 0 saturated heterocycles. The van der Waals surface area contributed by atoms with Crippen LogP contribution >= 0.6 is 0 Å². The van der Waals surface area contributed by atoms with Crippen LogP contribution < -0.4 is 20.4 Å². The molecule has 8 nitrogen and oxygen atoms in total. The first-order valence-corrected chi connectivity index (χ1v) is 8.08. The molecule has 0 aromatic heterocycles. The zero-order valence-corrected chi connectivity index (χ0v) is 15.0. The van der Waals surface area contributed by atoms with Gasteiger partial charge >= 0.3 is 0 Å². The highest BCUT2D eigenvalue weighted by Crippen LogP contribution is 2.16. The topological polar surface area (TPSA) is 100 Å². The molecule has 0 aliphatic rings. The van der Waals surface area contributed by atoms with Gasteiger partial charge in [0, 0.05) is 31.5 Å². The molecule has 2 rings (SSSR count). The number of amides is 2. The van der Waals surface area contributed by atoms with Crippen LogP contribution in [0.25, 0.3) is 6.08 Å². The second kappa shape index (κ2) is 9.71. The molecule has 0 unspecified atom stereocenters. The van der Waals surface area contributed by atoms with Crippen LogP contribution in [-0.2, 0) is 9.59 Å². The summed E-state index contributed by atoms with van der Waals surface area (Å²) < 4.78 is 5.44. The summed E-state index contributed by atoms with van der Waals surface area (Å²) in [5.74, 6) is -0.362. The first-order valence-electron chi connectivity index (χ1n) is 8.08. The van der Waals surface area contributed by atoms with E-state index in [0.29, 0.717) is 11.4 Å². The maximum atomic E-state index is 12.0. The Labute approximate surface area is 156 Å². The smallest absolute Gasteiger partial charge is 0.266 e. The summed E-state index contributed by atoms with van der Waals surface area (Å²) >= 11 is 0. The van der Waals surface area contributed by atoms with Gasteiger partial charge in [-0.1, -0.05) is 12.1 Å². The van der Waals surface area contributed by atoms with Gasteiger partial charge in [0.1, 0.15) is 5.75 Å². The van der Waals surface area contributed by atoms with Crippen LogP contribution in [0.5, 0.6) is 5.75 Å². The van der Waals surface area contributed by atoms with E-state index in [9.17, 15) is 14.5 Å². The van der Waals surface area contributed by atoms with Crippen LogP contribution in [0.4, 0.5) is 11.4 Å². The molecule has 8 heteroatoms. The average Bonchev–Trinajstić information content (AvgIpc) is 2.66. The van der Waals surface area contributed by atoms with Gasteiger partial charge in [-0.05, 0) is 48.0 Å². The Bertz CT molecular complexity index is 815. The van der Waals surface area contributed by atoms with Crippen molar-refractivity contribution in [2.24, 2.45) is 5.29 Å². The number of hydrogen-bond acceptors (Lipinski definition) is 6. The lowest BCUT2D eigenvalue weighted by atomic mass is 10.2. The van der Waals surface area contributed by atoms with Gasteiger partial charge in [0.25, 0.3) is 11.8 Å². The lowest BCUT2D eigenvalue weighted by molar-refractivity contribution is -0.118. The monoisotopic (exact) mass is 368 g/mol. The van der Waals surface area contributed by atoms with E-state index in [2.05, 4.69) is 10.6 Å². The van der Waals surface area contributed by atoms with Gasteiger partial charge < -0.3 is 15.0 Å². The zero-order chi connectivity index (χ0) is 19.6. The molecule has 2 aromatic carbocycles. The van der Waals surface area contributed by atoms with Gasteiger partial charge in [-0.15, -0.1) is 4.91 Å². The summed E-state index contributed by atoms with van der Waals surface area (Å²) in [6.45, 7) is -0.127. The molecule has 0 aliphatic carbocycles. The van der Waals surface area contributed by atoms with Crippen molar-refractivity contribution in [2.45, 2.75) is 0 Å². The minimum atomic E-state index is -0.611. The number of nitrogens with one attached hydrogen (secondary N) is 2. The fourth-order valence-corrected chi connectivity index (χ4v) is 2.12. The second-order valence-corrected chi connectivity index (χ2v) is 5.75. The Hall–Kier alpha value is -3.68. The summed E-state index contributed by atoms with van der Waals surface area (Å²) in [5.41, 5.74) is 4.22. The minimum Gasteiger partial charge on any atom is -0.484 e. The molecular weight excluding hydrogens is 348 g/mol. The predicted octanol–water partition coefficient (Wildman–Crippen LogP) is 2.58. The van der Waals surface area contributed by atoms with Gasteiger partial charge in [0.2, 0.25) is 0 Å². The van der Waals surface area contributed by atoms with E-state index in [-0.39, 0.29) is 12.5 Å². The Balaban J connectivity index is 1.82. The average molecular weight is 368 g/mol. The largest absolute Gasteiger partial charge is 0.484 e. The van der Waals surface area contributed by atoms with Crippen molar-refractivity contribution in [1.82, 2.24) is 5.43 Å². The second-order valence-electron chi connectivity index (χ2n) is 5.75. The van der Waals surface area contributed by atoms with Crippen LogP contribution in [-0.4, -0.2) is 32.5 Å². The number of carbonyl (C=O) groups excluding carboxylic acids is 2. The maximum absolute atomic E-state index is 12.0. The molecular formula is C19H20N4O4. The lowest BCUT2D eigenvalue weighted by Crippen LogP contribution is -2.20. The molecule has 2 amide bonds. The molecule has 0 aliphatic heterocycles. The third kappa shape index (κ3) is 6.62. The van der Waals surface area contributed by atoms with E-state index >= 15 is 0 Å². The third-order valence-corrected chi connectivity index (χ3v) is 3.50. The SMILES string of the molecule is CN(C)c1ccc(NC(=O)COc2ccc(/C=C/C(=O)NN=O)cc2)cc1. The lowest BCUT2D eigenvalue weighted by Gasteiger charge is -2.13. The molecule has 2 N–H and O–H groups in total. The summed E-state index contributed by atoms with van der Waals surface area (Å²) in [4.78, 5) is 34.9. The van der Waals surface area contributed by atoms with Gasteiger partial charge in [0.15, 0.2) is 6.61 Å². The van der Waals surface area contributed by atoms with Crippen LogP contribution in [0.2, 0.25) is 0 Å². The Kier molecular flexibility index (Phi) is 7.07. The Morgan fingerprint density at radius 2 is 1.74 bits per heavy atom. The molecule has 140 valence electrons. The van der Waals surface area contributed by atoms with Crippen molar-refractivity contribution in [3.05, 3.63) is 65.1 Å². The van der Waals surface area contributed by atoms with Crippen LogP contribution in [0.1, 0.15) is 5.56 Å². The predicted molar refractivity (Wildman–Crippen MR) is 104 cm³/mol. The number of nitrogens with zero attached hydrogens (tertiary/aromatic N) is 2. The minimum absolute atomic E-state index is 0.127. The first-order chi connectivity index (χ1) is 13.0. The van der Waals surface area contributed by atoms with Gasteiger partial charge in [0.05, 0.1) is 5.29 Å². The molecule has 2 aromatic rings. The molecule has 0 heterocycles. The fraction of sp³-hybridized carbons (Fsp3) is 0.158. The zero-order valence-electron chi connectivity index (χ0n) is 15.0. The van der Waals surface area contributed by atoms with Crippen molar-refractivity contribution < 1.29 is 14.3 Å². The molecule has 0 radical (unpaired) electrons. The highest BCUT2D eigenvalue weighted by atomic mass is 16.5. The highest BCUT2D eigenvalue weighted by molar-refractivity contribution is 5.92. The number of benzene rings is 2. The van der Waals surface area contributed by atoms with E-state index in [0.717, 1.165) is 11.3 Å². The van der Waals surface area contributed by atoms with Crippen molar-refractivity contribution >= 4 is 29.3 Å². The first kappa shape index (κ1) is 19.6. The Morgan fingerprint density at radius 1 is 1.07 bits per heavy atom. The number of anilines is 2. The molecule has 0 fully saturated rings. The third-order valence-electron chi connectivity index (χ3n) is 3.50. The quantitative estimate of drug-likeness (QED) is 0.424. The van der Waals surface area contributed by atoms with E-state index < -0.39 is 5.91 Å². The van der Waals surface area contributed by atoms with Gasteiger partial charge in [-0.25, -0.2) is 5.43 Å². The Morgan fingerprint density at radius 3 is 2.33 bits per heavy atom. The van der Waals surface area contributed by atoms with Crippen molar-refractivity contribution in [2.75, 3.05) is 30.9 Å². The number of nitroso groups, excluding NO2 is 1. The van der Waals surface area contributed by atoms with Crippen molar-refractivity contribution in [1.29, 1.82) is 0 Å². The van der Waals surface area contributed by atoms with E-state index in [1.807, 2.05) is 43.3 Å². The van der Waals surface area contributed by atoms with E-state index in [4.69, 9.17) is 4.74 Å². The number of ether oxygens (including phenoxy) is 1. The summed E-state index contributed by atoms with van der Waals surface area (Å²) in [7, 11) is 3.89. The van der Waals surface area contributed by atoms with E-state index in [1.165, 1.54) is 12.2 Å². The molecule has 0 spiro atoms. The molecule has 27 heavy (non-hydrogen) atoms. The van der Waals surface area contributed by atoms with E-state index in [1.54, 1.807) is 29.7 Å². The summed E-state index contributed by atoms with van der Waals surface area (Å²) in [5, 5.41) is 5.05. The molecule has 0 atom stereocenters. The van der Waals surface area contributed by atoms with Crippen molar-refractivity contribution in [3.8, 4) is 5.75 Å². The van der Waals surface area contributed by atoms with Crippen LogP contribution in [0, 0.1) is 4.91 Å². The standard InChI is InChI=1S/C19H20N4O4/c1-23(2)16-8-6-15(7-9-16)20-19(25)13-27-17-10-3-14(4-11-17)5-12-18(24)21-22-26/h3-12H,13H2,1-2H3,(H,20,25)(H,21,24,26)/b12-5+. The highest BCUT2D eigenvalue weighted by Gasteiger charge is 2.04. The fourth-order valence-electron chi connectivity index (χ4n) is 2.12. The molecule has 0 saturated carbocycles. The van der Waals surface area contributed by atoms with Gasteiger partial charge in [-0.2, -0.15) is 0 Å². The van der Waals surface area contributed by atoms with Crippen molar-refractivity contribution in [3.63, 3.8) is 0 Å². The summed E-state index contributed by atoms with van der Waals surface area (Å²) in [6.07, 6.45) is 2.71. The molecule has 0 bridgehead atoms. The maximum Gasteiger partial charge on any atom is 0.266 e. The number of hydrogen-bond donors (Lipinski definition) is 2. The summed E-state index contributed by atoms with van der Waals surface area (Å²) in [6, 6.07) is 14.2. The van der Waals surface area contributed by atoms with Crippen LogP contribution in [0.3, 0.4) is 0 Å². The normalized spacial score (nSPS) is 10.3. The number of rotatable bonds is 8. The number of carbonyl (C=O) groups is 2. The van der Waals surface area contributed by atoms with Crippen LogP contribution in [0.15, 0.2) is 59.9 Å².